The van der Waals surface area contributed by atoms with Crippen molar-refractivity contribution in [1.82, 2.24) is 0 Å². The Morgan fingerprint density at radius 1 is 1.62 bits per heavy atom. The molecule has 0 unspecified atom stereocenters. The summed E-state index contributed by atoms with van der Waals surface area (Å²) >= 11 is 0. The summed E-state index contributed by atoms with van der Waals surface area (Å²) in [5.74, 6) is -0.286. The summed E-state index contributed by atoms with van der Waals surface area (Å²) in [4.78, 5) is 21.1. The van der Waals surface area contributed by atoms with Gasteiger partial charge in [-0.1, -0.05) is 13.3 Å². The van der Waals surface area contributed by atoms with Crippen molar-refractivity contribution in [1.29, 1.82) is 0 Å². The molecule has 1 heterocycles. The highest BCUT2D eigenvalue weighted by Crippen LogP contribution is 2.27. The number of carbonyl (C=O) groups is 1. The number of carbonyl (C=O) groups excluding carboxylic acids is 1. The first-order chi connectivity index (χ1) is 7.69. The maximum absolute atomic E-state index is 10.9. The highest BCUT2D eigenvalue weighted by atomic mass is 16.6. The molecule has 0 aliphatic rings. The van der Waals surface area contributed by atoms with Crippen LogP contribution in [0.15, 0.2) is 22.8 Å². The van der Waals surface area contributed by atoms with Crippen molar-refractivity contribution >= 4 is 6.29 Å². The number of aldehydes is 1. The van der Waals surface area contributed by atoms with Crippen molar-refractivity contribution in [3.05, 3.63) is 34.3 Å². The van der Waals surface area contributed by atoms with Gasteiger partial charge in [0.25, 0.3) is 0 Å². The van der Waals surface area contributed by atoms with Crippen LogP contribution in [0.5, 0.6) is 0 Å². The highest BCUT2D eigenvalue weighted by molar-refractivity contribution is 5.55. The molecule has 16 heavy (non-hydrogen) atoms. The quantitative estimate of drug-likeness (QED) is 0.405. The average Bonchev–Trinajstić information content (AvgIpc) is 2.76. The standard InChI is InChI=1S/C11H15NO4/c1-2-4-9(8-13)10(7-12(14)15)11-5-3-6-16-11/h3,5-6,8-10H,2,4,7H2,1H3/t9-,10-/m0/s1. The number of nitrogens with zero attached hydrogens (tertiary/aromatic N) is 1. The first-order valence-electron chi connectivity index (χ1n) is 5.29. The molecule has 0 N–H and O–H groups in total. The minimum Gasteiger partial charge on any atom is -0.469 e. The van der Waals surface area contributed by atoms with Gasteiger partial charge in [0.1, 0.15) is 12.0 Å². The van der Waals surface area contributed by atoms with E-state index in [-0.39, 0.29) is 12.5 Å². The van der Waals surface area contributed by atoms with Gasteiger partial charge in [-0.2, -0.15) is 0 Å². The Balaban J connectivity index is 2.85. The largest absolute Gasteiger partial charge is 0.469 e. The summed E-state index contributed by atoms with van der Waals surface area (Å²) in [6.45, 7) is 1.68. The lowest BCUT2D eigenvalue weighted by Gasteiger charge is -2.16. The molecule has 0 radical (unpaired) electrons. The SMILES string of the molecule is CCC[C@@H](C=O)[C@H](C[N+](=O)[O-])c1ccco1. The minimum absolute atomic E-state index is 0.267. The summed E-state index contributed by atoms with van der Waals surface area (Å²) in [5, 5.41) is 10.6. The topological polar surface area (TPSA) is 73.3 Å². The van der Waals surface area contributed by atoms with Crippen LogP contribution < -0.4 is 0 Å². The van der Waals surface area contributed by atoms with Gasteiger partial charge in [-0.15, -0.1) is 0 Å². The first-order valence-corrected chi connectivity index (χ1v) is 5.29. The minimum atomic E-state index is -0.456. The lowest BCUT2D eigenvalue weighted by Crippen LogP contribution is -2.22. The van der Waals surface area contributed by atoms with Crippen molar-refractivity contribution in [3.8, 4) is 0 Å². The van der Waals surface area contributed by atoms with Crippen LogP contribution in [-0.4, -0.2) is 17.8 Å². The van der Waals surface area contributed by atoms with E-state index in [1.807, 2.05) is 6.92 Å². The van der Waals surface area contributed by atoms with E-state index in [9.17, 15) is 14.9 Å². The summed E-state index contributed by atoms with van der Waals surface area (Å²) in [6, 6.07) is 3.36. The van der Waals surface area contributed by atoms with Crippen LogP contribution in [0.4, 0.5) is 0 Å². The molecule has 1 rings (SSSR count). The Bertz CT molecular complexity index is 334. The Morgan fingerprint density at radius 2 is 2.38 bits per heavy atom. The van der Waals surface area contributed by atoms with Crippen molar-refractivity contribution in [2.24, 2.45) is 5.92 Å². The van der Waals surface area contributed by atoms with E-state index < -0.39 is 10.8 Å². The van der Waals surface area contributed by atoms with Crippen molar-refractivity contribution < 1.29 is 14.1 Å². The van der Waals surface area contributed by atoms with Crippen LogP contribution in [0.1, 0.15) is 31.4 Å². The smallest absolute Gasteiger partial charge is 0.214 e. The fourth-order valence-electron chi connectivity index (χ4n) is 1.80. The second kappa shape index (κ2) is 6.05. The zero-order valence-electron chi connectivity index (χ0n) is 9.17. The molecule has 2 atom stereocenters. The Labute approximate surface area is 93.6 Å². The number of hydrogen-bond donors (Lipinski definition) is 0. The van der Waals surface area contributed by atoms with Crippen LogP contribution in [0.2, 0.25) is 0 Å². The van der Waals surface area contributed by atoms with Gasteiger partial charge in [0.05, 0.1) is 12.2 Å². The van der Waals surface area contributed by atoms with Crippen molar-refractivity contribution in [2.45, 2.75) is 25.7 Å². The molecule has 0 fully saturated rings. The maximum atomic E-state index is 10.9. The molecule has 0 aromatic carbocycles. The molecular formula is C11H15NO4. The van der Waals surface area contributed by atoms with Gasteiger partial charge < -0.3 is 9.21 Å². The van der Waals surface area contributed by atoms with Gasteiger partial charge in [-0.05, 0) is 18.6 Å². The predicted molar refractivity (Wildman–Crippen MR) is 57.8 cm³/mol. The van der Waals surface area contributed by atoms with E-state index in [1.54, 1.807) is 12.1 Å². The zero-order chi connectivity index (χ0) is 12.0. The molecule has 5 nitrogen and oxygen atoms in total. The molecule has 0 aliphatic carbocycles. The summed E-state index contributed by atoms with van der Waals surface area (Å²) in [5.41, 5.74) is 0. The summed E-state index contributed by atoms with van der Waals surface area (Å²) in [7, 11) is 0. The molecule has 0 spiro atoms. The van der Waals surface area contributed by atoms with E-state index in [2.05, 4.69) is 0 Å². The Hall–Kier alpha value is -1.65. The monoisotopic (exact) mass is 225 g/mol. The molecule has 0 bridgehead atoms. The first kappa shape index (κ1) is 12.4. The maximum Gasteiger partial charge on any atom is 0.214 e. The predicted octanol–water partition coefficient (Wildman–Crippen LogP) is 2.26. The van der Waals surface area contributed by atoms with Gasteiger partial charge in [0.2, 0.25) is 6.54 Å². The normalized spacial score (nSPS) is 14.3. The molecule has 1 aromatic heterocycles. The highest BCUT2D eigenvalue weighted by Gasteiger charge is 2.29. The number of nitro groups is 1. The average molecular weight is 225 g/mol. The third kappa shape index (κ3) is 3.18. The Kier molecular flexibility index (Phi) is 4.69. The van der Waals surface area contributed by atoms with Crippen LogP contribution in [0.3, 0.4) is 0 Å². The zero-order valence-corrected chi connectivity index (χ0v) is 9.17. The second-order valence-electron chi connectivity index (χ2n) is 3.73. The van der Waals surface area contributed by atoms with E-state index in [4.69, 9.17) is 4.42 Å². The lowest BCUT2D eigenvalue weighted by molar-refractivity contribution is -0.484. The van der Waals surface area contributed by atoms with Gasteiger partial charge in [0, 0.05) is 10.8 Å². The number of furan rings is 1. The number of hydrogen-bond acceptors (Lipinski definition) is 4. The van der Waals surface area contributed by atoms with E-state index in [0.717, 1.165) is 12.7 Å². The van der Waals surface area contributed by atoms with Crippen LogP contribution in [-0.2, 0) is 4.79 Å². The fourth-order valence-corrected chi connectivity index (χ4v) is 1.80. The molecule has 5 heteroatoms. The van der Waals surface area contributed by atoms with Crippen LogP contribution in [0.25, 0.3) is 0 Å². The Morgan fingerprint density at radius 3 is 2.81 bits per heavy atom. The van der Waals surface area contributed by atoms with Crippen molar-refractivity contribution in [3.63, 3.8) is 0 Å². The second-order valence-corrected chi connectivity index (χ2v) is 3.73. The molecule has 0 amide bonds. The summed E-state index contributed by atoms with van der Waals surface area (Å²) in [6.07, 6.45) is 3.72. The fraction of sp³-hybridized carbons (Fsp3) is 0.545. The molecule has 1 aromatic rings. The molecule has 88 valence electrons. The van der Waals surface area contributed by atoms with E-state index >= 15 is 0 Å². The molecule has 0 saturated carbocycles. The number of rotatable bonds is 7. The van der Waals surface area contributed by atoms with Gasteiger partial charge in [-0.25, -0.2) is 0 Å². The van der Waals surface area contributed by atoms with Crippen molar-refractivity contribution in [2.75, 3.05) is 6.54 Å². The van der Waals surface area contributed by atoms with E-state index in [1.165, 1.54) is 6.26 Å². The van der Waals surface area contributed by atoms with Crippen LogP contribution in [0, 0.1) is 16.0 Å². The summed E-state index contributed by atoms with van der Waals surface area (Å²) < 4.78 is 5.16. The van der Waals surface area contributed by atoms with Crippen LogP contribution >= 0.6 is 0 Å². The van der Waals surface area contributed by atoms with Gasteiger partial charge >= 0.3 is 0 Å². The van der Waals surface area contributed by atoms with Gasteiger partial charge in [0.15, 0.2) is 0 Å². The van der Waals surface area contributed by atoms with E-state index in [0.29, 0.717) is 12.2 Å². The third-order valence-electron chi connectivity index (χ3n) is 2.57. The molecular weight excluding hydrogens is 210 g/mol. The molecule has 0 saturated heterocycles. The van der Waals surface area contributed by atoms with Gasteiger partial charge in [-0.3, -0.25) is 10.1 Å². The third-order valence-corrected chi connectivity index (χ3v) is 2.57. The molecule has 0 aliphatic heterocycles. The lowest BCUT2D eigenvalue weighted by atomic mass is 9.88.